The van der Waals surface area contributed by atoms with Gasteiger partial charge in [0, 0.05) is 6.20 Å². The Morgan fingerprint density at radius 2 is 2.25 bits per heavy atom. The van der Waals surface area contributed by atoms with E-state index in [0.717, 1.165) is 10.7 Å². The minimum atomic E-state index is -0.433. The number of rotatable bonds is 7. The minimum absolute atomic E-state index is 0.280. The Bertz CT molecular complexity index is 894. The Morgan fingerprint density at radius 1 is 1.46 bits per heavy atom. The lowest BCUT2D eigenvalue weighted by atomic mass is 9.94. The summed E-state index contributed by atoms with van der Waals surface area (Å²) in [5.74, 6) is 0.507. The molecule has 0 aromatic heterocycles. The summed E-state index contributed by atoms with van der Waals surface area (Å²) in [5, 5.41) is 3.10. The average molecular weight is 421 g/mol. The summed E-state index contributed by atoms with van der Waals surface area (Å²) >= 11 is 7.99. The molecule has 28 heavy (non-hydrogen) atoms. The van der Waals surface area contributed by atoms with Gasteiger partial charge in [0.25, 0.3) is 0 Å². The lowest BCUT2D eigenvalue weighted by Crippen LogP contribution is -2.34. The molecule has 8 heteroatoms. The van der Waals surface area contributed by atoms with Crippen LogP contribution in [0.15, 0.2) is 52.7 Å². The number of esters is 1. The summed E-state index contributed by atoms with van der Waals surface area (Å²) in [6.07, 6.45) is 3.52. The lowest BCUT2D eigenvalue weighted by molar-refractivity contribution is -0.139. The number of fused-ring (bicyclic) bond motifs is 1. The van der Waals surface area contributed by atoms with Gasteiger partial charge in [0.1, 0.15) is 6.61 Å². The summed E-state index contributed by atoms with van der Waals surface area (Å²) in [4.78, 5) is 19.2. The van der Waals surface area contributed by atoms with Gasteiger partial charge in [-0.25, -0.2) is 9.79 Å². The highest BCUT2D eigenvalue weighted by Crippen LogP contribution is 2.45. The molecule has 0 saturated heterocycles. The number of amidine groups is 1. The largest absolute Gasteiger partial charge is 0.493 e. The molecule has 1 atom stereocenters. The standard InChI is InChI=1S/C20H21ClN2O4S/c1-5-8-27-18-14(21)10-13(11-15(18)25-4)17-16(19(24)26-6-2)12(3)22-20-23(17)7-9-28-20/h5,7,9-11,17H,1,6,8H2,2-4H3/t17-/m1/s1. The molecule has 0 unspecified atom stereocenters. The number of methoxy groups -OCH3 is 1. The molecule has 2 aliphatic rings. The van der Waals surface area contributed by atoms with Crippen LogP contribution >= 0.6 is 23.4 Å². The highest BCUT2D eigenvalue weighted by molar-refractivity contribution is 8.16. The molecule has 2 heterocycles. The van der Waals surface area contributed by atoms with E-state index in [1.165, 1.54) is 11.8 Å². The van der Waals surface area contributed by atoms with Gasteiger partial charge in [0.05, 0.1) is 36.1 Å². The fourth-order valence-corrected chi connectivity index (χ4v) is 4.14. The van der Waals surface area contributed by atoms with Crippen LogP contribution in [0.1, 0.15) is 25.5 Å². The monoisotopic (exact) mass is 420 g/mol. The van der Waals surface area contributed by atoms with Crippen LogP contribution in [0, 0.1) is 0 Å². The highest BCUT2D eigenvalue weighted by atomic mass is 35.5. The van der Waals surface area contributed by atoms with Crippen molar-refractivity contribution < 1.29 is 19.0 Å². The number of carbonyl (C=O) groups excluding carboxylic acids is 1. The second-order valence-corrected chi connectivity index (χ2v) is 7.24. The van der Waals surface area contributed by atoms with Gasteiger partial charge in [-0.2, -0.15) is 0 Å². The second kappa shape index (κ2) is 8.75. The van der Waals surface area contributed by atoms with E-state index in [1.54, 1.807) is 26.2 Å². The van der Waals surface area contributed by atoms with Crippen LogP contribution in [0.4, 0.5) is 0 Å². The van der Waals surface area contributed by atoms with Crippen molar-refractivity contribution in [2.24, 2.45) is 4.99 Å². The molecular formula is C20H21ClN2O4S. The maximum atomic E-state index is 12.7. The highest BCUT2D eigenvalue weighted by Gasteiger charge is 2.38. The van der Waals surface area contributed by atoms with Crippen molar-refractivity contribution in [2.75, 3.05) is 20.3 Å². The van der Waals surface area contributed by atoms with Crippen LogP contribution in [0.5, 0.6) is 11.5 Å². The molecule has 0 radical (unpaired) electrons. The van der Waals surface area contributed by atoms with Gasteiger partial charge in [0.15, 0.2) is 16.7 Å². The predicted molar refractivity (Wildman–Crippen MR) is 112 cm³/mol. The van der Waals surface area contributed by atoms with Gasteiger partial charge in [-0.1, -0.05) is 36.0 Å². The van der Waals surface area contributed by atoms with Crippen LogP contribution in [0.3, 0.4) is 0 Å². The van der Waals surface area contributed by atoms with Crippen molar-refractivity contribution in [1.29, 1.82) is 0 Å². The molecule has 2 aliphatic heterocycles. The number of hydrogen-bond acceptors (Lipinski definition) is 7. The van der Waals surface area contributed by atoms with E-state index in [4.69, 9.17) is 25.8 Å². The summed E-state index contributed by atoms with van der Waals surface area (Å²) < 4.78 is 16.4. The zero-order valence-corrected chi connectivity index (χ0v) is 17.5. The van der Waals surface area contributed by atoms with E-state index in [1.807, 2.05) is 29.5 Å². The molecule has 0 spiro atoms. The summed E-state index contributed by atoms with van der Waals surface area (Å²) in [6.45, 7) is 7.81. The van der Waals surface area contributed by atoms with E-state index < -0.39 is 12.0 Å². The molecule has 1 aromatic rings. The number of halogens is 1. The second-order valence-electron chi connectivity index (χ2n) is 5.96. The number of benzene rings is 1. The first-order valence-corrected chi connectivity index (χ1v) is 9.96. The van der Waals surface area contributed by atoms with Crippen LogP contribution in [-0.4, -0.2) is 36.4 Å². The lowest BCUT2D eigenvalue weighted by Gasteiger charge is -2.33. The number of allylic oxidation sites excluding steroid dienone is 1. The summed E-state index contributed by atoms with van der Waals surface area (Å²) in [5.41, 5.74) is 1.86. The third kappa shape index (κ3) is 3.77. The number of ether oxygens (including phenoxy) is 3. The normalized spacial score (nSPS) is 17.9. The summed E-state index contributed by atoms with van der Waals surface area (Å²) in [6, 6.07) is 3.17. The smallest absolute Gasteiger partial charge is 0.338 e. The molecule has 3 rings (SSSR count). The zero-order chi connectivity index (χ0) is 20.3. The van der Waals surface area contributed by atoms with E-state index in [2.05, 4.69) is 11.6 Å². The Labute approximate surface area is 173 Å². The maximum absolute atomic E-state index is 12.7. The van der Waals surface area contributed by atoms with Crippen LogP contribution in [-0.2, 0) is 9.53 Å². The van der Waals surface area contributed by atoms with Gasteiger partial charge in [0.2, 0.25) is 0 Å². The quantitative estimate of drug-likeness (QED) is 0.471. The Balaban J connectivity index is 2.12. The number of thioether (sulfide) groups is 1. The van der Waals surface area contributed by atoms with E-state index in [9.17, 15) is 4.79 Å². The minimum Gasteiger partial charge on any atom is -0.493 e. The molecule has 148 valence electrons. The number of aliphatic imine (C=N–C) groups is 1. The van der Waals surface area contributed by atoms with Crippen molar-refractivity contribution in [2.45, 2.75) is 19.9 Å². The third-order valence-corrected chi connectivity index (χ3v) is 5.28. The summed E-state index contributed by atoms with van der Waals surface area (Å²) in [7, 11) is 1.54. The molecular weight excluding hydrogens is 400 g/mol. The number of hydrogen-bond donors (Lipinski definition) is 0. The van der Waals surface area contributed by atoms with Crippen molar-refractivity contribution in [3.8, 4) is 11.5 Å². The average Bonchev–Trinajstić information content (AvgIpc) is 3.13. The Kier molecular flexibility index (Phi) is 6.36. The van der Waals surface area contributed by atoms with Gasteiger partial charge in [-0.3, -0.25) is 0 Å². The molecule has 0 amide bonds. The zero-order valence-electron chi connectivity index (χ0n) is 15.9. The molecule has 0 aliphatic carbocycles. The van der Waals surface area contributed by atoms with Crippen molar-refractivity contribution >= 4 is 34.5 Å². The van der Waals surface area contributed by atoms with Crippen LogP contribution in [0.2, 0.25) is 5.02 Å². The molecule has 0 fully saturated rings. The first-order chi connectivity index (χ1) is 13.5. The molecule has 1 aromatic carbocycles. The fraction of sp³-hybridized carbons (Fsp3) is 0.300. The van der Waals surface area contributed by atoms with Crippen molar-refractivity contribution in [3.05, 3.63) is 58.3 Å². The molecule has 0 bridgehead atoms. The number of carbonyl (C=O) groups is 1. The maximum Gasteiger partial charge on any atom is 0.338 e. The predicted octanol–water partition coefficient (Wildman–Crippen LogP) is 4.68. The van der Waals surface area contributed by atoms with Gasteiger partial charge in [-0.15, -0.1) is 0 Å². The van der Waals surface area contributed by atoms with Gasteiger partial charge < -0.3 is 19.1 Å². The number of nitrogens with zero attached hydrogens (tertiary/aromatic N) is 2. The van der Waals surface area contributed by atoms with Crippen LogP contribution < -0.4 is 9.47 Å². The van der Waals surface area contributed by atoms with E-state index in [-0.39, 0.29) is 6.61 Å². The first-order valence-electron chi connectivity index (χ1n) is 8.71. The Morgan fingerprint density at radius 3 is 2.93 bits per heavy atom. The molecule has 0 N–H and O–H groups in total. The third-order valence-electron chi connectivity index (χ3n) is 4.23. The van der Waals surface area contributed by atoms with Gasteiger partial charge in [-0.05, 0) is 37.0 Å². The van der Waals surface area contributed by atoms with Gasteiger partial charge >= 0.3 is 5.97 Å². The van der Waals surface area contributed by atoms with E-state index in [0.29, 0.717) is 34.4 Å². The molecule has 6 nitrogen and oxygen atoms in total. The molecule has 0 saturated carbocycles. The van der Waals surface area contributed by atoms with Crippen LogP contribution in [0.25, 0.3) is 0 Å². The van der Waals surface area contributed by atoms with Crippen molar-refractivity contribution in [3.63, 3.8) is 0 Å². The topological polar surface area (TPSA) is 60.4 Å². The van der Waals surface area contributed by atoms with E-state index >= 15 is 0 Å². The first kappa shape index (κ1) is 20.4. The fourth-order valence-electron chi connectivity index (χ4n) is 3.08. The Hall–Kier alpha value is -2.38. The van der Waals surface area contributed by atoms with Crippen molar-refractivity contribution in [1.82, 2.24) is 4.90 Å². The SMILES string of the molecule is C=CCOc1c(Cl)cc([C@@H]2C(C(=O)OCC)=C(C)N=C3SC=CN32)cc1OC.